The summed E-state index contributed by atoms with van der Waals surface area (Å²) in [6.45, 7) is -0.719. The molecule has 2 aromatic heterocycles. The first-order valence-corrected chi connectivity index (χ1v) is 8.18. The van der Waals surface area contributed by atoms with Crippen LogP contribution in [-0.4, -0.2) is 35.1 Å². The van der Waals surface area contributed by atoms with Gasteiger partial charge in [-0.3, -0.25) is 14.9 Å². The van der Waals surface area contributed by atoms with Gasteiger partial charge in [-0.05, 0) is 35.3 Å². The minimum absolute atomic E-state index is 0.0980. The highest BCUT2D eigenvalue weighted by Crippen LogP contribution is 2.26. The third-order valence-electron chi connectivity index (χ3n) is 2.52. The monoisotopic (exact) mass is 372 g/mol. The first kappa shape index (κ1) is 18.0. The number of hydrogen-bond acceptors (Lipinski definition) is 7. The predicted octanol–water partition coefficient (Wildman–Crippen LogP) is 2.57. The molecule has 2 heterocycles. The molecule has 126 valence electrons. The van der Waals surface area contributed by atoms with Crippen LogP contribution in [0.4, 0.5) is 8.78 Å². The van der Waals surface area contributed by atoms with E-state index in [4.69, 9.17) is 4.74 Å². The van der Waals surface area contributed by atoms with E-state index in [1.54, 1.807) is 11.4 Å². The third-order valence-corrected chi connectivity index (χ3v) is 4.12. The molecule has 0 atom stereocenters. The molecule has 10 heteroatoms. The largest absolute Gasteiger partial charge is 0.452 e. The molecule has 1 N–H and O–H groups in total. The Bertz CT molecular complexity index is 738. The van der Waals surface area contributed by atoms with Crippen LogP contribution in [0, 0.1) is 0 Å². The maximum atomic E-state index is 12.4. The first-order valence-electron chi connectivity index (χ1n) is 6.42. The summed E-state index contributed by atoms with van der Waals surface area (Å²) < 4.78 is 29.6. The molecule has 0 saturated heterocycles. The van der Waals surface area contributed by atoms with E-state index in [9.17, 15) is 23.2 Å². The highest BCUT2D eigenvalue weighted by molar-refractivity contribution is 7.99. The number of hydrogen-bond donors (Lipinski definition) is 1. The lowest BCUT2D eigenvalue weighted by Crippen LogP contribution is -2.33. The summed E-state index contributed by atoms with van der Waals surface area (Å²) in [5, 5.41) is 3.52. The number of amides is 2. The van der Waals surface area contributed by atoms with Crippen LogP contribution in [0.2, 0.25) is 0 Å². The van der Waals surface area contributed by atoms with Crippen molar-refractivity contribution in [1.82, 2.24) is 10.3 Å². The molecule has 24 heavy (non-hydrogen) atoms. The average Bonchev–Trinajstić information content (AvgIpc) is 3.07. The van der Waals surface area contributed by atoms with Crippen molar-refractivity contribution in [3.8, 4) is 0 Å². The lowest BCUT2D eigenvalue weighted by molar-refractivity contribution is -0.123. The zero-order chi connectivity index (χ0) is 17.5. The van der Waals surface area contributed by atoms with Crippen LogP contribution in [0.15, 0.2) is 40.9 Å². The number of esters is 1. The zero-order valence-corrected chi connectivity index (χ0v) is 13.5. The molecule has 0 saturated carbocycles. The second-order valence-corrected chi connectivity index (χ2v) is 6.09. The summed E-state index contributed by atoms with van der Waals surface area (Å²) in [5.41, 5.74) is -0.180. The van der Waals surface area contributed by atoms with Crippen LogP contribution in [0.3, 0.4) is 0 Å². The summed E-state index contributed by atoms with van der Waals surface area (Å²) in [4.78, 5) is 39.1. The van der Waals surface area contributed by atoms with E-state index in [2.05, 4.69) is 10.3 Å². The van der Waals surface area contributed by atoms with Crippen LogP contribution < -0.4 is 5.32 Å². The smallest absolute Gasteiger partial charge is 0.341 e. The van der Waals surface area contributed by atoms with E-state index in [0.29, 0.717) is 4.88 Å². The Kier molecular flexibility index (Phi) is 6.38. The number of nitrogens with zero attached hydrogens (tertiary/aromatic N) is 1. The topological polar surface area (TPSA) is 85.4 Å². The SMILES string of the molecule is O=C(COC(=O)c1cccnc1SC(F)F)NC(=O)c1cccs1. The van der Waals surface area contributed by atoms with Crippen LogP contribution >= 0.6 is 23.1 Å². The van der Waals surface area contributed by atoms with Crippen molar-refractivity contribution < 1.29 is 27.9 Å². The van der Waals surface area contributed by atoms with Crippen LogP contribution in [0.1, 0.15) is 20.0 Å². The van der Waals surface area contributed by atoms with Crippen molar-refractivity contribution in [3.63, 3.8) is 0 Å². The van der Waals surface area contributed by atoms with E-state index in [1.807, 2.05) is 0 Å². The second-order valence-electron chi connectivity index (χ2n) is 4.17. The normalized spacial score (nSPS) is 10.5. The average molecular weight is 372 g/mol. The molecule has 0 aliphatic rings. The van der Waals surface area contributed by atoms with Gasteiger partial charge in [0.2, 0.25) is 0 Å². The first-order chi connectivity index (χ1) is 11.5. The van der Waals surface area contributed by atoms with Gasteiger partial charge in [0.25, 0.3) is 17.6 Å². The van der Waals surface area contributed by atoms with E-state index in [1.165, 1.54) is 24.4 Å². The van der Waals surface area contributed by atoms with Gasteiger partial charge in [-0.1, -0.05) is 6.07 Å². The number of pyridine rings is 1. The Labute approximate surface area is 143 Å². The fraction of sp³-hybridized carbons (Fsp3) is 0.143. The fourth-order valence-corrected chi connectivity index (χ4v) is 2.75. The van der Waals surface area contributed by atoms with Gasteiger partial charge in [0.1, 0.15) is 5.03 Å². The van der Waals surface area contributed by atoms with E-state index in [-0.39, 0.29) is 22.4 Å². The molecule has 0 fully saturated rings. The van der Waals surface area contributed by atoms with Gasteiger partial charge in [0.15, 0.2) is 6.61 Å². The molecular weight excluding hydrogens is 362 g/mol. The van der Waals surface area contributed by atoms with Crippen molar-refractivity contribution >= 4 is 40.9 Å². The molecule has 2 rings (SSSR count). The Balaban J connectivity index is 1.91. The Morgan fingerprint density at radius 3 is 2.75 bits per heavy atom. The lowest BCUT2D eigenvalue weighted by Gasteiger charge is -2.08. The van der Waals surface area contributed by atoms with Crippen LogP contribution in [-0.2, 0) is 9.53 Å². The fourth-order valence-electron chi connectivity index (χ4n) is 1.57. The molecule has 0 aliphatic carbocycles. The highest BCUT2D eigenvalue weighted by Gasteiger charge is 2.19. The molecule has 0 radical (unpaired) electrons. The number of halogens is 2. The minimum Gasteiger partial charge on any atom is -0.452 e. The summed E-state index contributed by atoms with van der Waals surface area (Å²) >= 11 is 1.25. The van der Waals surface area contributed by atoms with Gasteiger partial charge in [-0.15, -0.1) is 11.3 Å². The number of ether oxygens (including phenoxy) is 1. The number of thioether (sulfide) groups is 1. The number of carbonyl (C=O) groups excluding carboxylic acids is 3. The summed E-state index contributed by atoms with van der Waals surface area (Å²) in [7, 11) is 0. The third kappa shape index (κ3) is 5.10. The number of nitrogens with one attached hydrogen (secondary N) is 1. The molecule has 2 aromatic rings. The van der Waals surface area contributed by atoms with Crippen molar-refractivity contribution in [2.45, 2.75) is 10.8 Å². The summed E-state index contributed by atoms with van der Waals surface area (Å²) in [6, 6.07) is 5.82. The molecule has 0 aromatic carbocycles. The van der Waals surface area contributed by atoms with Gasteiger partial charge >= 0.3 is 5.97 Å². The Morgan fingerprint density at radius 2 is 2.08 bits per heavy atom. The van der Waals surface area contributed by atoms with Gasteiger partial charge in [0, 0.05) is 6.20 Å². The second kappa shape index (κ2) is 8.50. The number of thiophene rings is 1. The Morgan fingerprint density at radius 1 is 1.29 bits per heavy atom. The van der Waals surface area contributed by atoms with Gasteiger partial charge < -0.3 is 4.74 Å². The predicted molar refractivity (Wildman–Crippen MR) is 83.2 cm³/mol. The lowest BCUT2D eigenvalue weighted by atomic mass is 10.3. The number of aromatic nitrogens is 1. The maximum Gasteiger partial charge on any atom is 0.341 e. The standard InChI is InChI=1S/C14H10F2N2O4S2/c15-14(16)24-12-8(3-1-5-17-12)13(21)22-7-10(19)18-11(20)9-4-2-6-23-9/h1-6,14H,7H2,(H,18,19,20). The van der Waals surface area contributed by atoms with Crippen molar-refractivity contribution in [3.05, 3.63) is 46.3 Å². The Hall–Kier alpha value is -2.33. The number of alkyl halides is 2. The van der Waals surface area contributed by atoms with Gasteiger partial charge in [0.05, 0.1) is 10.4 Å². The van der Waals surface area contributed by atoms with Gasteiger partial charge in [-0.25, -0.2) is 9.78 Å². The van der Waals surface area contributed by atoms with Crippen molar-refractivity contribution in [2.24, 2.45) is 0 Å². The molecular formula is C14H10F2N2O4S2. The van der Waals surface area contributed by atoms with Crippen LogP contribution in [0.5, 0.6) is 0 Å². The number of imide groups is 1. The minimum atomic E-state index is -2.75. The zero-order valence-electron chi connectivity index (χ0n) is 11.9. The van der Waals surface area contributed by atoms with Crippen molar-refractivity contribution in [1.29, 1.82) is 0 Å². The molecule has 0 spiro atoms. The highest BCUT2D eigenvalue weighted by atomic mass is 32.2. The van der Waals surface area contributed by atoms with Gasteiger partial charge in [-0.2, -0.15) is 8.78 Å². The number of rotatable bonds is 6. The van der Waals surface area contributed by atoms with Crippen LogP contribution in [0.25, 0.3) is 0 Å². The molecule has 0 bridgehead atoms. The van der Waals surface area contributed by atoms with E-state index >= 15 is 0 Å². The maximum absolute atomic E-state index is 12.4. The molecule has 0 aliphatic heterocycles. The molecule has 6 nitrogen and oxygen atoms in total. The summed E-state index contributed by atoms with van der Waals surface area (Å²) in [5.74, 6) is -5.17. The van der Waals surface area contributed by atoms with E-state index in [0.717, 1.165) is 11.3 Å². The summed E-state index contributed by atoms with van der Waals surface area (Å²) in [6.07, 6.45) is 1.26. The van der Waals surface area contributed by atoms with Crippen molar-refractivity contribution in [2.75, 3.05) is 6.61 Å². The quantitative estimate of drug-likeness (QED) is 0.620. The molecule has 0 unspecified atom stereocenters. The number of carbonyl (C=O) groups is 3. The van der Waals surface area contributed by atoms with E-state index < -0.39 is 30.1 Å². The molecule has 2 amide bonds.